The Balaban J connectivity index is 1.31. The number of nitrogens with zero attached hydrogens (tertiary/aromatic N) is 3. The van der Waals surface area contributed by atoms with Crippen molar-refractivity contribution >= 4 is 11.8 Å². The summed E-state index contributed by atoms with van der Waals surface area (Å²) in [6, 6.07) is 19.1. The highest BCUT2D eigenvalue weighted by molar-refractivity contribution is 5.42. The van der Waals surface area contributed by atoms with Gasteiger partial charge in [0, 0.05) is 25.8 Å². The number of hydrogen-bond donors (Lipinski definition) is 1. The summed E-state index contributed by atoms with van der Waals surface area (Å²) >= 11 is 0. The van der Waals surface area contributed by atoms with Crippen LogP contribution in [-0.4, -0.2) is 23.1 Å². The molecule has 0 atom stereocenters. The Kier molecular flexibility index (Phi) is 5.80. The summed E-state index contributed by atoms with van der Waals surface area (Å²) < 4.78 is 13.0. The number of benzene rings is 2. The maximum absolute atomic E-state index is 13.0. The predicted octanol–water partition coefficient (Wildman–Crippen LogP) is 4.69. The Morgan fingerprint density at radius 1 is 0.929 bits per heavy atom. The zero-order chi connectivity index (χ0) is 19.2. The maximum Gasteiger partial charge on any atom is 0.227 e. The van der Waals surface area contributed by atoms with Crippen LogP contribution in [-0.2, 0) is 13.0 Å². The molecule has 0 spiro atoms. The van der Waals surface area contributed by atoms with Crippen molar-refractivity contribution in [2.24, 2.45) is 5.92 Å². The van der Waals surface area contributed by atoms with Gasteiger partial charge in [0.1, 0.15) is 11.6 Å². The molecular formula is C23H25FN4. The number of anilines is 2. The highest BCUT2D eigenvalue weighted by atomic mass is 19.1. The second kappa shape index (κ2) is 8.83. The van der Waals surface area contributed by atoms with Crippen molar-refractivity contribution in [3.63, 3.8) is 0 Å². The van der Waals surface area contributed by atoms with Gasteiger partial charge in [-0.3, -0.25) is 0 Å². The van der Waals surface area contributed by atoms with Crippen molar-refractivity contribution in [2.45, 2.75) is 25.8 Å². The van der Waals surface area contributed by atoms with Gasteiger partial charge in [-0.15, -0.1) is 0 Å². The molecule has 1 fully saturated rings. The molecule has 0 amide bonds. The second-order valence-electron chi connectivity index (χ2n) is 7.34. The molecule has 2 aromatic carbocycles. The van der Waals surface area contributed by atoms with Crippen LogP contribution in [0.3, 0.4) is 0 Å². The van der Waals surface area contributed by atoms with Gasteiger partial charge in [0.25, 0.3) is 0 Å². The minimum atomic E-state index is -0.219. The minimum absolute atomic E-state index is 0.219. The molecule has 3 aromatic rings. The predicted molar refractivity (Wildman–Crippen MR) is 111 cm³/mol. The molecule has 144 valence electrons. The van der Waals surface area contributed by atoms with Crippen molar-refractivity contribution in [3.05, 3.63) is 83.8 Å². The highest BCUT2D eigenvalue weighted by Gasteiger charge is 2.21. The molecule has 0 bridgehead atoms. The number of halogens is 1. The summed E-state index contributed by atoms with van der Waals surface area (Å²) in [6.45, 7) is 2.58. The fraction of sp³-hybridized carbons (Fsp3) is 0.304. The first kappa shape index (κ1) is 18.4. The normalized spacial score (nSPS) is 14.8. The van der Waals surface area contributed by atoms with Crippen molar-refractivity contribution in [1.82, 2.24) is 9.97 Å². The standard InChI is InChI=1S/C23H25FN4/c24-21-8-6-20(7-9-21)17-26-22-10-13-25-23(27-22)28-14-11-19(12-15-28)16-18-4-2-1-3-5-18/h1-10,13,19H,11-12,14-17H2,(H,25,26,27). The summed E-state index contributed by atoms with van der Waals surface area (Å²) in [4.78, 5) is 11.4. The van der Waals surface area contributed by atoms with Crippen molar-refractivity contribution in [3.8, 4) is 0 Å². The molecule has 4 nitrogen and oxygen atoms in total. The van der Waals surface area contributed by atoms with Crippen LogP contribution in [0.4, 0.5) is 16.2 Å². The molecule has 2 heterocycles. The van der Waals surface area contributed by atoms with Gasteiger partial charge in [0.15, 0.2) is 0 Å². The van der Waals surface area contributed by atoms with E-state index in [0.29, 0.717) is 6.54 Å². The Hall–Kier alpha value is -2.95. The van der Waals surface area contributed by atoms with Crippen LogP contribution >= 0.6 is 0 Å². The van der Waals surface area contributed by atoms with E-state index >= 15 is 0 Å². The van der Waals surface area contributed by atoms with Gasteiger partial charge in [-0.05, 0) is 54.5 Å². The summed E-state index contributed by atoms with van der Waals surface area (Å²) in [7, 11) is 0. The van der Waals surface area contributed by atoms with E-state index < -0.39 is 0 Å². The van der Waals surface area contributed by atoms with E-state index in [1.165, 1.54) is 17.7 Å². The first-order chi connectivity index (χ1) is 13.8. The summed E-state index contributed by atoms with van der Waals surface area (Å²) in [5.74, 6) is 2.07. The van der Waals surface area contributed by atoms with Crippen LogP contribution in [0.1, 0.15) is 24.0 Å². The quantitative estimate of drug-likeness (QED) is 0.678. The van der Waals surface area contributed by atoms with Gasteiger partial charge in [-0.25, -0.2) is 9.37 Å². The molecule has 0 radical (unpaired) electrons. The third-order valence-electron chi connectivity index (χ3n) is 5.29. The van der Waals surface area contributed by atoms with E-state index in [4.69, 9.17) is 0 Å². The summed E-state index contributed by atoms with van der Waals surface area (Å²) in [5.41, 5.74) is 2.44. The van der Waals surface area contributed by atoms with Gasteiger partial charge in [-0.1, -0.05) is 42.5 Å². The average molecular weight is 376 g/mol. The fourth-order valence-corrected chi connectivity index (χ4v) is 3.68. The van der Waals surface area contributed by atoms with Gasteiger partial charge >= 0.3 is 0 Å². The van der Waals surface area contributed by atoms with Crippen LogP contribution in [0.2, 0.25) is 0 Å². The van der Waals surface area contributed by atoms with Crippen molar-refractivity contribution in [1.29, 1.82) is 0 Å². The number of hydrogen-bond acceptors (Lipinski definition) is 4. The molecule has 4 rings (SSSR count). The molecule has 1 aliphatic rings. The summed E-state index contributed by atoms with van der Waals surface area (Å²) in [6.07, 6.45) is 5.26. The first-order valence-corrected chi connectivity index (χ1v) is 9.86. The lowest BCUT2D eigenvalue weighted by Crippen LogP contribution is -2.35. The largest absolute Gasteiger partial charge is 0.366 e. The molecule has 0 aliphatic carbocycles. The average Bonchev–Trinajstić information content (AvgIpc) is 2.75. The number of aromatic nitrogens is 2. The van der Waals surface area contributed by atoms with Crippen LogP contribution < -0.4 is 10.2 Å². The van der Waals surface area contributed by atoms with Crippen LogP contribution in [0.5, 0.6) is 0 Å². The van der Waals surface area contributed by atoms with Crippen molar-refractivity contribution in [2.75, 3.05) is 23.3 Å². The molecular weight excluding hydrogens is 351 g/mol. The van der Waals surface area contributed by atoms with Gasteiger partial charge < -0.3 is 10.2 Å². The molecule has 1 aromatic heterocycles. The van der Waals surface area contributed by atoms with E-state index in [-0.39, 0.29) is 5.82 Å². The zero-order valence-corrected chi connectivity index (χ0v) is 15.9. The molecule has 0 unspecified atom stereocenters. The van der Waals surface area contributed by atoms with Gasteiger partial charge in [-0.2, -0.15) is 4.98 Å². The first-order valence-electron chi connectivity index (χ1n) is 9.86. The molecule has 1 saturated heterocycles. The minimum Gasteiger partial charge on any atom is -0.366 e. The van der Waals surface area contributed by atoms with Crippen LogP contribution in [0.15, 0.2) is 66.9 Å². The van der Waals surface area contributed by atoms with Crippen molar-refractivity contribution < 1.29 is 4.39 Å². The third-order valence-corrected chi connectivity index (χ3v) is 5.29. The van der Waals surface area contributed by atoms with Crippen LogP contribution in [0, 0.1) is 11.7 Å². The van der Waals surface area contributed by atoms with Gasteiger partial charge in [0.05, 0.1) is 0 Å². The lowest BCUT2D eigenvalue weighted by Gasteiger charge is -2.32. The van der Waals surface area contributed by atoms with E-state index in [9.17, 15) is 4.39 Å². The monoisotopic (exact) mass is 376 g/mol. The molecule has 28 heavy (non-hydrogen) atoms. The maximum atomic E-state index is 13.0. The lowest BCUT2D eigenvalue weighted by atomic mass is 9.90. The third kappa shape index (κ3) is 4.85. The number of rotatable bonds is 6. The number of nitrogens with one attached hydrogen (secondary N) is 1. The smallest absolute Gasteiger partial charge is 0.227 e. The molecule has 5 heteroatoms. The topological polar surface area (TPSA) is 41.1 Å². The summed E-state index contributed by atoms with van der Waals surface area (Å²) in [5, 5.41) is 3.30. The Morgan fingerprint density at radius 2 is 1.68 bits per heavy atom. The lowest BCUT2D eigenvalue weighted by molar-refractivity contribution is 0.400. The highest BCUT2D eigenvalue weighted by Crippen LogP contribution is 2.24. The number of piperidine rings is 1. The SMILES string of the molecule is Fc1ccc(CNc2ccnc(N3CCC(Cc4ccccc4)CC3)n2)cc1. The second-order valence-corrected chi connectivity index (χ2v) is 7.34. The van der Waals surface area contributed by atoms with Crippen LogP contribution in [0.25, 0.3) is 0 Å². The van der Waals surface area contributed by atoms with E-state index in [1.54, 1.807) is 18.3 Å². The van der Waals surface area contributed by atoms with Gasteiger partial charge in [0.2, 0.25) is 5.95 Å². The zero-order valence-electron chi connectivity index (χ0n) is 15.9. The Morgan fingerprint density at radius 3 is 2.43 bits per heavy atom. The molecule has 1 aliphatic heterocycles. The van der Waals surface area contributed by atoms with E-state index in [2.05, 4.69) is 50.5 Å². The molecule has 1 N–H and O–H groups in total. The molecule has 0 saturated carbocycles. The van der Waals surface area contributed by atoms with E-state index in [0.717, 1.165) is 55.6 Å². The Labute approximate surface area is 165 Å². The van der Waals surface area contributed by atoms with E-state index in [1.807, 2.05) is 6.07 Å². The fourth-order valence-electron chi connectivity index (χ4n) is 3.68. The Bertz CT molecular complexity index is 875.